The Morgan fingerprint density at radius 1 is 1.56 bits per heavy atom. The molecule has 8 heteroatoms. The second-order valence-electron chi connectivity index (χ2n) is 3.83. The zero-order valence-corrected chi connectivity index (χ0v) is 10.7. The lowest BCUT2D eigenvalue weighted by Crippen LogP contribution is -2.40. The Hall–Kier alpha value is -1.83. The number of aromatic amines is 1. The molecule has 0 saturated carbocycles. The number of thiazole rings is 1. The number of carboxylic acid groups (broad SMARTS) is 1. The Morgan fingerprint density at radius 3 is 2.83 bits per heavy atom. The molecule has 0 aromatic carbocycles. The normalized spacial score (nSPS) is 11.8. The molecule has 1 unspecified atom stereocenters. The average molecular weight is 273 g/mol. The minimum Gasteiger partial charge on any atom is -0.481 e. The molecule has 18 heavy (non-hydrogen) atoms. The van der Waals surface area contributed by atoms with Crippen molar-refractivity contribution in [2.24, 2.45) is 0 Å². The molecule has 1 atom stereocenters. The molecule has 0 fully saturated rings. The molecule has 1 aromatic rings. The van der Waals surface area contributed by atoms with Crippen LogP contribution in [0.25, 0.3) is 0 Å². The molecule has 7 nitrogen and oxygen atoms in total. The van der Waals surface area contributed by atoms with E-state index in [1.54, 1.807) is 12.3 Å². The second kappa shape index (κ2) is 6.80. The maximum atomic E-state index is 11.4. The van der Waals surface area contributed by atoms with Crippen molar-refractivity contribution in [3.63, 3.8) is 0 Å². The maximum absolute atomic E-state index is 11.4. The predicted molar refractivity (Wildman–Crippen MR) is 66.6 cm³/mol. The number of hydrogen-bond donors (Lipinski definition) is 4. The van der Waals surface area contributed by atoms with Crippen molar-refractivity contribution >= 4 is 23.3 Å². The molecule has 1 aromatic heterocycles. The number of hydrogen-bond acceptors (Lipinski definition) is 4. The number of carbonyl (C=O) groups is 2. The van der Waals surface area contributed by atoms with Crippen molar-refractivity contribution in [3.8, 4) is 0 Å². The SMILES string of the molecule is CC(CCC(=O)O)NC(=O)NCc1csc(=O)[nH]1. The molecule has 0 saturated heterocycles. The number of carboxylic acids is 1. The topological polar surface area (TPSA) is 111 Å². The van der Waals surface area contributed by atoms with Gasteiger partial charge in [-0.15, -0.1) is 0 Å². The summed E-state index contributed by atoms with van der Waals surface area (Å²) in [6.07, 6.45) is 0.386. The molecule has 0 aliphatic heterocycles. The van der Waals surface area contributed by atoms with Crippen LogP contribution in [0.1, 0.15) is 25.5 Å². The predicted octanol–water partition coefficient (Wildman–Crippen LogP) is 0.489. The van der Waals surface area contributed by atoms with Crippen LogP contribution >= 0.6 is 11.3 Å². The van der Waals surface area contributed by atoms with Crippen molar-refractivity contribution in [3.05, 3.63) is 20.7 Å². The highest BCUT2D eigenvalue weighted by Crippen LogP contribution is 1.97. The Bertz CT molecular complexity index is 468. The Balaban J connectivity index is 2.24. The third-order valence-corrected chi connectivity index (χ3v) is 2.90. The van der Waals surface area contributed by atoms with Crippen LogP contribution in [0.15, 0.2) is 10.2 Å². The first kappa shape index (κ1) is 14.2. The van der Waals surface area contributed by atoms with Gasteiger partial charge in [-0.2, -0.15) is 0 Å². The van der Waals surface area contributed by atoms with Gasteiger partial charge in [0.2, 0.25) is 0 Å². The first-order valence-electron chi connectivity index (χ1n) is 5.40. The monoisotopic (exact) mass is 273 g/mol. The van der Waals surface area contributed by atoms with E-state index in [1.807, 2.05) is 0 Å². The van der Waals surface area contributed by atoms with Crippen molar-refractivity contribution in [2.75, 3.05) is 0 Å². The molecule has 4 N–H and O–H groups in total. The summed E-state index contributed by atoms with van der Waals surface area (Å²) < 4.78 is 0. The van der Waals surface area contributed by atoms with Gasteiger partial charge in [0.15, 0.2) is 0 Å². The van der Waals surface area contributed by atoms with E-state index in [1.165, 1.54) is 0 Å². The van der Waals surface area contributed by atoms with Gasteiger partial charge in [0.1, 0.15) is 0 Å². The highest BCUT2D eigenvalue weighted by molar-refractivity contribution is 7.07. The lowest BCUT2D eigenvalue weighted by Gasteiger charge is -2.13. The van der Waals surface area contributed by atoms with E-state index in [0.29, 0.717) is 12.1 Å². The summed E-state index contributed by atoms with van der Waals surface area (Å²) in [4.78, 5) is 35.0. The van der Waals surface area contributed by atoms with Crippen LogP contribution in [0.4, 0.5) is 4.79 Å². The average Bonchev–Trinajstić information content (AvgIpc) is 2.70. The number of nitrogens with one attached hydrogen (secondary N) is 3. The first-order valence-corrected chi connectivity index (χ1v) is 6.28. The Labute approximate surface area is 107 Å². The van der Waals surface area contributed by atoms with Crippen LogP contribution < -0.4 is 15.5 Å². The molecule has 100 valence electrons. The van der Waals surface area contributed by atoms with Gasteiger partial charge in [-0.05, 0) is 13.3 Å². The van der Waals surface area contributed by atoms with Crippen molar-refractivity contribution in [1.29, 1.82) is 0 Å². The molecular weight excluding hydrogens is 258 g/mol. The summed E-state index contributed by atoms with van der Waals surface area (Å²) in [5.74, 6) is -0.889. The van der Waals surface area contributed by atoms with Crippen LogP contribution in [-0.4, -0.2) is 28.1 Å². The second-order valence-corrected chi connectivity index (χ2v) is 4.68. The van der Waals surface area contributed by atoms with Gasteiger partial charge >= 0.3 is 16.9 Å². The molecule has 0 aliphatic carbocycles. The van der Waals surface area contributed by atoms with Gasteiger partial charge < -0.3 is 20.7 Å². The number of aromatic nitrogens is 1. The minimum absolute atomic E-state index is 0.0132. The zero-order valence-electron chi connectivity index (χ0n) is 9.86. The highest BCUT2D eigenvalue weighted by atomic mass is 32.1. The molecular formula is C10H15N3O4S. The fourth-order valence-corrected chi connectivity index (χ4v) is 1.84. The number of carbonyl (C=O) groups excluding carboxylic acids is 1. The van der Waals surface area contributed by atoms with Crippen molar-refractivity contribution in [1.82, 2.24) is 15.6 Å². The Morgan fingerprint density at radius 2 is 2.28 bits per heavy atom. The van der Waals surface area contributed by atoms with E-state index in [4.69, 9.17) is 5.11 Å². The minimum atomic E-state index is -0.889. The molecule has 0 bridgehead atoms. The molecule has 0 aliphatic rings. The van der Waals surface area contributed by atoms with Gasteiger partial charge in [0.25, 0.3) is 0 Å². The maximum Gasteiger partial charge on any atom is 0.315 e. The van der Waals surface area contributed by atoms with Crippen LogP contribution in [0.5, 0.6) is 0 Å². The van der Waals surface area contributed by atoms with Crippen molar-refractivity contribution in [2.45, 2.75) is 32.4 Å². The van der Waals surface area contributed by atoms with E-state index >= 15 is 0 Å². The summed E-state index contributed by atoms with van der Waals surface area (Å²) in [7, 11) is 0. The van der Waals surface area contributed by atoms with E-state index in [0.717, 1.165) is 11.3 Å². The van der Waals surface area contributed by atoms with Crippen LogP contribution in [0.2, 0.25) is 0 Å². The largest absolute Gasteiger partial charge is 0.481 e. The molecule has 1 heterocycles. The van der Waals surface area contributed by atoms with E-state index in [-0.39, 0.29) is 29.9 Å². The van der Waals surface area contributed by atoms with E-state index < -0.39 is 5.97 Å². The third kappa shape index (κ3) is 5.48. The van der Waals surface area contributed by atoms with Gasteiger partial charge in [-0.3, -0.25) is 9.59 Å². The summed E-state index contributed by atoms with van der Waals surface area (Å²) in [5, 5.41) is 15.3. The smallest absolute Gasteiger partial charge is 0.315 e. The zero-order chi connectivity index (χ0) is 13.5. The number of urea groups is 1. The Kier molecular flexibility index (Phi) is 5.37. The molecule has 0 spiro atoms. The van der Waals surface area contributed by atoms with Gasteiger partial charge in [-0.1, -0.05) is 11.3 Å². The van der Waals surface area contributed by atoms with Crippen LogP contribution in [0, 0.1) is 0 Å². The van der Waals surface area contributed by atoms with E-state index in [2.05, 4.69) is 15.6 Å². The van der Waals surface area contributed by atoms with Gasteiger partial charge in [0, 0.05) is 23.5 Å². The van der Waals surface area contributed by atoms with Gasteiger partial charge in [0.05, 0.1) is 6.54 Å². The molecule has 0 radical (unpaired) electrons. The number of aliphatic carboxylic acids is 1. The fraction of sp³-hybridized carbons (Fsp3) is 0.500. The molecule has 1 rings (SSSR count). The highest BCUT2D eigenvalue weighted by Gasteiger charge is 2.09. The number of rotatable bonds is 6. The third-order valence-electron chi connectivity index (χ3n) is 2.18. The summed E-state index contributed by atoms with van der Waals surface area (Å²) in [6.45, 7) is 1.96. The standard InChI is InChI=1S/C10H15N3O4S/c1-6(2-3-8(14)15)12-9(16)11-4-7-5-18-10(17)13-7/h5-6H,2-4H2,1H3,(H,13,17)(H,14,15)(H2,11,12,16). The summed E-state index contributed by atoms with van der Waals surface area (Å²) in [5.41, 5.74) is 0.637. The summed E-state index contributed by atoms with van der Waals surface area (Å²) in [6, 6.07) is -0.609. The first-order chi connectivity index (χ1) is 8.47. The van der Waals surface area contributed by atoms with Crippen molar-refractivity contribution < 1.29 is 14.7 Å². The fourth-order valence-electron chi connectivity index (χ4n) is 1.26. The number of amides is 2. The van der Waals surface area contributed by atoms with Gasteiger partial charge in [-0.25, -0.2) is 4.79 Å². The van der Waals surface area contributed by atoms with Crippen LogP contribution in [0.3, 0.4) is 0 Å². The lowest BCUT2D eigenvalue weighted by atomic mass is 10.2. The quantitative estimate of drug-likeness (QED) is 0.604. The lowest BCUT2D eigenvalue weighted by molar-refractivity contribution is -0.137. The van der Waals surface area contributed by atoms with E-state index in [9.17, 15) is 14.4 Å². The molecule has 2 amide bonds. The van der Waals surface area contributed by atoms with Crippen LogP contribution in [-0.2, 0) is 11.3 Å². The summed E-state index contributed by atoms with van der Waals surface area (Å²) >= 11 is 1.03. The number of H-pyrrole nitrogens is 1.